The second-order valence-electron chi connectivity index (χ2n) is 6.79. The SMILES string of the molecule is CN(C)c1cccc(CN(C)c2ccc(S(=O)(=O)N3CCOCC3)cn2)c1. The van der Waals surface area contributed by atoms with Gasteiger partial charge in [-0.1, -0.05) is 12.1 Å². The van der Waals surface area contributed by atoms with Crippen LogP contribution < -0.4 is 9.80 Å². The summed E-state index contributed by atoms with van der Waals surface area (Å²) in [6.07, 6.45) is 1.44. The molecule has 0 saturated carbocycles. The summed E-state index contributed by atoms with van der Waals surface area (Å²) in [6, 6.07) is 11.7. The lowest BCUT2D eigenvalue weighted by atomic mass is 10.2. The van der Waals surface area contributed by atoms with Gasteiger partial charge in [0.1, 0.15) is 10.7 Å². The zero-order valence-corrected chi connectivity index (χ0v) is 16.8. The number of nitrogens with zero attached hydrogens (tertiary/aromatic N) is 4. The number of hydrogen-bond donors (Lipinski definition) is 0. The summed E-state index contributed by atoms with van der Waals surface area (Å²) in [6.45, 7) is 2.31. The molecule has 0 aliphatic carbocycles. The summed E-state index contributed by atoms with van der Waals surface area (Å²) in [5, 5.41) is 0. The van der Waals surface area contributed by atoms with Crippen molar-refractivity contribution in [2.24, 2.45) is 0 Å². The second kappa shape index (κ2) is 8.24. The lowest BCUT2D eigenvalue weighted by molar-refractivity contribution is 0.0730. The molecule has 1 aliphatic heterocycles. The second-order valence-corrected chi connectivity index (χ2v) is 8.73. The number of ether oxygens (including phenoxy) is 1. The Balaban J connectivity index is 1.72. The largest absolute Gasteiger partial charge is 0.379 e. The summed E-state index contributed by atoms with van der Waals surface area (Å²) in [5.41, 5.74) is 2.30. The van der Waals surface area contributed by atoms with Gasteiger partial charge in [-0.25, -0.2) is 13.4 Å². The average molecular weight is 391 g/mol. The molecule has 1 aromatic heterocycles. The zero-order chi connectivity index (χ0) is 19.4. The van der Waals surface area contributed by atoms with E-state index in [0.29, 0.717) is 32.8 Å². The van der Waals surface area contributed by atoms with E-state index < -0.39 is 10.0 Å². The van der Waals surface area contributed by atoms with E-state index >= 15 is 0 Å². The van der Waals surface area contributed by atoms with Crippen molar-refractivity contribution >= 4 is 21.5 Å². The molecule has 2 aromatic rings. The molecule has 0 unspecified atom stereocenters. The van der Waals surface area contributed by atoms with Crippen LogP contribution >= 0.6 is 0 Å². The first kappa shape index (κ1) is 19.6. The van der Waals surface area contributed by atoms with Crippen LogP contribution in [0.5, 0.6) is 0 Å². The van der Waals surface area contributed by atoms with E-state index in [-0.39, 0.29) is 4.90 Å². The minimum absolute atomic E-state index is 0.219. The Labute approximate surface area is 161 Å². The Kier molecular flexibility index (Phi) is 5.98. The van der Waals surface area contributed by atoms with Crippen molar-refractivity contribution in [1.29, 1.82) is 0 Å². The molecule has 7 nitrogen and oxygen atoms in total. The van der Waals surface area contributed by atoms with Crippen LogP contribution in [0.15, 0.2) is 47.5 Å². The van der Waals surface area contributed by atoms with Crippen molar-refractivity contribution in [3.63, 3.8) is 0 Å². The summed E-state index contributed by atoms with van der Waals surface area (Å²) in [7, 11) is 2.46. The van der Waals surface area contributed by atoms with E-state index in [4.69, 9.17) is 4.74 Å². The lowest BCUT2D eigenvalue weighted by Gasteiger charge is -2.26. The summed E-state index contributed by atoms with van der Waals surface area (Å²) >= 11 is 0. The molecule has 146 valence electrons. The molecule has 0 N–H and O–H groups in total. The summed E-state index contributed by atoms with van der Waals surface area (Å²) in [4.78, 5) is 8.65. The molecular formula is C19H26N4O3S. The van der Waals surface area contributed by atoms with E-state index in [1.165, 1.54) is 10.5 Å². The molecule has 3 rings (SSSR count). The van der Waals surface area contributed by atoms with E-state index in [9.17, 15) is 8.42 Å². The number of morpholine rings is 1. The van der Waals surface area contributed by atoms with Gasteiger partial charge in [-0.3, -0.25) is 0 Å². The number of rotatable bonds is 6. The Morgan fingerprint density at radius 2 is 1.85 bits per heavy atom. The van der Waals surface area contributed by atoms with Gasteiger partial charge in [0, 0.05) is 52.7 Å². The van der Waals surface area contributed by atoms with Crippen LogP contribution in [0.3, 0.4) is 0 Å². The lowest BCUT2D eigenvalue weighted by Crippen LogP contribution is -2.40. The monoisotopic (exact) mass is 390 g/mol. The predicted molar refractivity (Wildman–Crippen MR) is 107 cm³/mol. The molecule has 1 fully saturated rings. The smallest absolute Gasteiger partial charge is 0.244 e. The van der Waals surface area contributed by atoms with Crippen molar-refractivity contribution in [3.05, 3.63) is 48.2 Å². The normalized spacial score (nSPS) is 15.5. The van der Waals surface area contributed by atoms with Gasteiger partial charge in [0.2, 0.25) is 10.0 Å². The highest BCUT2D eigenvalue weighted by molar-refractivity contribution is 7.89. The Morgan fingerprint density at radius 3 is 2.48 bits per heavy atom. The Hall–Kier alpha value is -2.16. The quantitative estimate of drug-likeness (QED) is 0.749. The summed E-state index contributed by atoms with van der Waals surface area (Å²) in [5.74, 6) is 0.728. The van der Waals surface area contributed by atoms with Crippen molar-refractivity contribution in [2.45, 2.75) is 11.4 Å². The van der Waals surface area contributed by atoms with Gasteiger partial charge < -0.3 is 14.5 Å². The average Bonchev–Trinajstić information content (AvgIpc) is 2.69. The molecule has 0 bridgehead atoms. The van der Waals surface area contributed by atoms with E-state index in [1.54, 1.807) is 12.1 Å². The van der Waals surface area contributed by atoms with Gasteiger partial charge in [-0.15, -0.1) is 0 Å². The minimum Gasteiger partial charge on any atom is -0.379 e. The van der Waals surface area contributed by atoms with Crippen LogP contribution in [0, 0.1) is 0 Å². The van der Waals surface area contributed by atoms with E-state index in [2.05, 4.69) is 28.1 Å². The summed E-state index contributed by atoms with van der Waals surface area (Å²) < 4.78 is 32.0. The molecule has 0 atom stereocenters. The highest BCUT2D eigenvalue weighted by Gasteiger charge is 2.26. The number of aromatic nitrogens is 1. The molecule has 0 spiro atoms. The predicted octanol–water partition coefficient (Wildman–Crippen LogP) is 1.80. The van der Waals surface area contributed by atoms with E-state index in [1.807, 2.05) is 32.1 Å². The van der Waals surface area contributed by atoms with Gasteiger partial charge in [0.15, 0.2) is 0 Å². The molecule has 1 saturated heterocycles. The topological polar surface area (TPSA) is 66.0 Å². The minimum atomic E-state index is -3.51. The van der Waals surface area contributed by atoms with Crippen LogP contribution in [0.2, 0.25) is 0 Å². The maximum atomic E-state index is 12.7. The van der Waals surface area contributed by atoms with Crippen LogP contribution in [-0.4, -0.2) is 65.2 Å². The molecule has 27 heavy (non-hydrogen) atoms. The highest BCUT2D eigenvalue weighted by atomic mass is 32.2. The van der Waals surface area contributed by atoms with Crippen LogP contribution in [-0.2, 0) is 21.3 Å². The van der Waals surface area contributed by atoms with Gasteiger partial charge in [-0.2, -0.15) is 4.31 Å². The number of anilines is 2. The molecular weight excluding hydrogens is 364 g/mol. The Bertz CT molecular complexity index is 863. The van der Waals surface area contributed by atoms with Gasteiger partial charge in [-0.05, 0) is 29.8 Å². The van der Waals surface area contributed by atoms with Gasteiger partial charge >= 0.3 is 0 Å². The first-order valence-corrected chi connectivity index (χ1v) is 10.3. The van der Waals surface area contributed by atoms with Gasteiger partial charge in [0.05, 0.1) is 13.2 Å². The number of sulfonamides is 1. The standard InChI is InChI=1S/C19H26N4O3S/c1-21(2)17-6-4-5-16(13-17)15-22(3)19-8-7-18(14-20-19)27(24,25)23-9-11-26-12-10-23/h4-8,13-14H,9-12,15H2,1-3H3. The number of pyridine rings is 1. The first-order valence-electron chi connectivity index (χ1n) is 8.89. The fraction of sp³-hybridized carbons (Fsp3) is 0.421. The molecule has 0 radical (unpaired) electrons. The fourth-order valence-corrected chi connectivity index (χ4v) is 4.33. The highest BCUT2D eigenvalue weighted by Crippen LogP contribution is 2.21. The molecule has 2 heterocycles. The van der Waals surface area contributed by atoms with Crippen LogP contribution in [0.25, 0.3) is 0 Å². The number of benzene rings is 1. The molecule has 1 aromatic carbocycles. The first-order chi connectivity index (χ1) is 12.9. The number of hydrogen-bond acceptors (Lipinski definition) is 6. The Morgan fingerprint density at radius 1 is 1.11 bits per heavy atom. The van der Waals surface area contributed by atoms with Gasteiger partial charge in [0.25, 0.3) is 0 Å². The third-order valence-electron chi connectivity index (χ3n) is 4.57. The zero-order valence-electron chi connectivity index (χ0n) is 16.0. The van der Waals surface area contributed by atoms with Crippen LogP contribution in [0.1, 0.15) is 5.56 Å². The van der Waals surface area contributed by atoms with Crippen LogP contribution in [0.4, 0.5) is 11.5 Å². The van der Waals surface area contributed by atoms with Crippen molar-refractivity contribution in [2.75, 3.05) is 57.2 Å². The van der Waals surface area contributed by atoms with Crippen molar-refractivity contribution in [1.82, 2.24) is 9.29 Å². The maximum absolute atomic E-state index is 12.7. The third kappa shape index (κ3) is 4.58. The fourth-order valence-electron chi connectivity index (χ4n) is 2.97. The molecule has 8 heteroatoms. The maximum Gasteiger partial charge on any atom is 0.244 e. The molecule has 1 aliphatic rings. The van der Waals surface area contributed by atoms with Crippen molar-refractivity contribution < 1.29 is 13.2 Å². The van der Waals surface area contributed by atoms with E-state index in [0.717, 1.165) is 17.1 Å². The van der Waals surface area contributed by atoms with Crippen molar-refractivity contribution in [3.8, 4) is 0 Å². The third-order valence-corrected chi connectivity index (χ3v) is 6.45. The molecule has 0 amide bonds.